The lowest BCUT2D eigenvalue weighted by molar-refractivity contribution is -0.141. The van der Waals surface area contributed by atoms with Crippen LogP contribution in [0.3, 0.4) is 0 Å². The summed E-state index contributed by atoms with van der Waals surface area (Å²) in [6.45, 7) is 2.15. The lowest BCUT2D eigenvalue weighted by Gasteiger charge is -2.32. The van der Waals surface area contributed by atoms with Crippen LogP contribution in [0.25, 0.3) is 0 Å². The molecule has 1 N–H and O–H groups in total. The van der Waals surface area contributed by atoms with Crippen LogP contribution >= 0.6 is 23.2 Å². The van der Waals surface area contributed by atoms with Gasteiger partial charge in [-0.15, -0.1) is 0 Å². The highest BCUT2D eigenvalue weighted by Crippen LogP contribution is 2.27. The third kappa shape index (κ3) is 6.47. The highest BCUT2D eigenvalue weighted by molar-refractivity contribution is 6.36. The Labute approximate surface area is 194 Å². The number of benzene rings is 2. The van der Waals surface area contributed by atoms with Crippen LogP contribution in [-0.4, -0.2) is 28.8 Å². The molecule has 1 unspecified atom stereocenters. The van der Waals surface area contributed by atoms with Crippen molar-refractivity contribution in [3.63, 3.8) is 0 Å². The number of hydrogen-bond acceptors (Lipinski definition) is 2. The van der Waals surface area contributed by atoms with Crippen LogP contribution < -0.4 is 5.32 Å². The maximum atomic E-state index is 13.3. The first-order valence-corrected chi connectivity index (χ1v) is 11.8. The maximum absolute atomic E-state index is 13.3. The number of rotatable bonds is 9. The van der Waals surface area contributed by atoms with Crippen molar-refractivity contribution in [3.8, 4) is 0 Å². The fraction of sp³-hybridized carbons (Fsp3) is 0.440. The first kappa shape index (κ1) is 23.6. The third-order valence-electron chi connectivity index (χ3n) is 5.95. The van der Waals surface area contributed by atoms with Crippen molar-refractivity contribution in [1.82, 2.24) is 10.2 Å². The highest BCUT2D eigenvalue weighted by atomic mass is 35.5. The molecule has 166 valence electrons. The minimum absolute atomic E-state index is 0.0757. The van der Waals surface area contributed by atoms with Gasteiger partial charge in [0, 0.05) is 34.6 Å². The molecule has 0 bridgehead atoms. The van der Waals surface area contributed by atoms with Gasteiger partial charge in [-0.3, -0.25) is 9.59 Å². The van der Waals surface area contributed by atoms with Crippen LogP contribution in [-0.2, 0) is 22.6 Å². The zero-order valence-corrected chi connectivity index (χ0v) is 19.5. The Morgan fingerprint density at radius 3 is 2.29 bits per heavy atom. The predicted octanol–water partition coefficient (Wildman–Crippen LogP) is 5.79. The van der Waals surface area contributed by atoms with Gasteiger partial charge >= 0.3 is 0 Å². The summed E-state index contributed by atoms with van der Waals surface area (Å²) in [5.41, 5.74) is 1.76. The summed E-state index contributed by atoms with van der Waals surface area (Å²) in [4.78, 5) is 28.1. The molecule has 3 rings (SSSR count). The molecule has 1 saturated carbocycles. The first-order valence-electron chi connectivity index (χ1n) is 11.1. The number of carbonyl (C=O) groups is 2. The Morgan fingerprint density at radius 1 is 1.03 bits per heavy atom. The van der Waals surface area contributed by atoms with Crippen LogP contribution in [0.5, 0.6) is 0 Å². The van der Waals surface area contributed by atoms with Gasteiger partial charge in [-0.1, -0.05) is 79.4 Å². The molecule has 1 aliphatic carbocycles. The predicted molar refractivity (Wildman–Crippen MR) is 126 cm³/mol. The van der Waals surface area contributed by atoms with Crippen molar-refractivity contribution in [2.45, 2.75) is 70.5 Å². The van der Waals surface area contributed by atoms with E-state index in [0.717, 1.165) is 31.2 Å². The van der Waals surface area contributed by atoms with Crippen molar-refractivity contribution < 1.29 is 9.59 Å². The Hall–Kier alpha value is -2.04. The minimum atomic E-state index is -0.559. The van der Waals surface area contributed by atoms with Crippen molar-refractivity contribution in [2.24, 2.45) is 0 Å². The summed E-state index contributed by atoms with van der Waals surface area (Å²) in [6.07, 6.45) is 5.73. The number of carbonyl (C=O) groups excluding carboxylic acids is 2. The van der Waals surface area contributed by atoms with E-state index in [1.165, 1.54) is 0 Å². The number of aryl methyl sites for hydroxylation is 1. The Balaban J connectivity index is 1.80. The van der Waals surface area contributed by atoms with Crippen LogP contribution in [0.4, 0.5) is 0 Å². The molecule has 2 amide bonds. The van der Waals surface area contributed by atoms with Crippen molar-refractivity contribution in [3.05, 3.63) is 69.7 Å². The van der Waals surface area contributed by atoms with E-state index >= 15 is 0 Å². The molecule has 0 saturated heterocycles. The molecule has 0 heterocycles. The number of halogens is 2. The van der Waals surface area contributed by atoms with E-state index in [4.69, 9.17) is 23.2 Å². The zero-order chi connectivity index (χ0) is 22.2. The standard InChI is InChI=1S/C25H30Cl2N2O2/c1-2-23(25(31)28-19-11-6-7-12-19)29(17-20-21(26)13-8-14-22(20)27)24(30)16-15-18-9-4-3-5-10-18/h3-5,8-10,13-14,19,23H,2,6-7,11-12,15-17H2,1H3,(H,28,31). The molecule has 2 aromatic carbocycles. The minimum Gasteiger partial charge on any atom is -0.352 e. The summed E-state index contributed by atoms with van der Waals surface area (Å²) in [6, 6.07) is 14.8. The number of nitrogens with zero attached hydrogens (tertiary/aromatic N) is 1. The summed E-state index contributed by atoms with van der Waals surface area (Å²) in [7, 11) is 0. The summed E-state index contributed by atoms with van der Waals surface area (Å²) < 4.78 is 0. The quantitative estimate of drug-likeness (QED) is 0.514. The smallest absolute Gasteiger partial charge is 0.243 e. The van der Waals surface area contributed by atoms with Gasteiger partial charge in [-0.05, 0) is 43.4 Å². The molecule has 0 aliphatic heterocycles. The van der Waals surface area contributed by atoms with Gasteiger partial charge < -0.3 is 10.2 Å². The van der Waals surface area contributed by atoms with Gasteiger partial charge in [0.15, 0.2) is 0 Å². The van der Waals surface area contributed by atoms with E-state index in [0.29, 0.717) is 34.9 Å². The second-order valence-electron chi connectivity index (χ2n) is 8.12. The molecule has 0 radical (unpaired) electrons. The molecule has 2 aromatic rings. The Bertz CT molecular complexity index is 862. The average Bonchev–Trinajstić information content (AvgIpc) is 3.27. The van der Waals surface area contributed by atoms with Gasteiger partial charge in [0.2, 0.25) is 11.8 Å². The maximum Gasteiger partial charge on any atom is 0.243 e. The lowest BCUT2D eigenvalue weighted by Crippen LogP contribution is -2.51. The molecule has 1 atom stereocenters. The van der Waals surface area contributed by atoms with Crippen LogP contribution in [0.15, 0.2) is 48.5 Å². The molecule has 0 spiro atoms. The molecular formula is C25H30Cl2N2O2. The second-order valence-corrected chi connectivity index (χ2v) is 8.94. The largest absolute Gasteiger partial charge is 0.352 e. The van der Waals surface area contributed by atoms with Gasteiger partial charge in [0.25, 0.3) is 0 Å². The Morgan fingerprint density at radius 2 is 1.68 bits per heavy atom. The van der Waals surface area contributed by atoms with E-state index in [1.807, 2.05) is 37.3 Å². The van der Waals surface area contributed by atoms with Gasteiger partial charge in [-0.25, -0.2) is 0 Å². The van der Waals surface area contributed by atoms with Crippen molar-refractivity contribution in [2.75, 3.05) is 0 Å². The first-order chi connectivity index (χ1) is 15.0. The fourth-order valence-electron chi connectivity index (χ4n) is 4.18. The molecule has 6 heteroatoms. The highest BCUT2D eigenvalue weighted by Gasteiger charge is 2.31. The summed E-state index contributed by atoms with van der Waals surface area (Å²) >= 11 is 12.8. The van der Waals surface area contributed by atoms with E-state index in [2.05, 4.69) is 5.32 Å². The molecule has 31 heavy (non-hydrogen) atoms. The summed E-state index contributed by atoms with van der Waals surface area (Å²) in [5.74, 6) is -0.168. The topological polar surface area (TPSA) is 49.4 Å². The lowest BCUT2D eigenvalue weighted by atomic mass is 10.1. The molecule has 4 nitrogen and oxygen atoms in total. The van der Waals surface area contributed by atoms with Gasteiger partial charge in [0.05, 0.1) is 0 Å². The monoisotopic (exact) mass is 460 g/mol. The van der Waals surface area contributed by atoms with Crippen LogP contribution in [0.2, 0.25) is 10.0 Å². The van der Waals surface area contributed by atoms with E-state index < -0.39 is 6.04 Å². The number of amides is 2. The SMILES string of the molecule is CCC(C(=O)NC1CCCC1)N(Cc1c(Cl)cccc1Cl)C(=O)CCc1ccccc1. The van der Waals surface area contributed by atoms with Crippen LogP contribution in [0, 0.1) is 0 Å². The fourth-order valence-corrected chi connectivity index (χ4v) is 4.70. The van der Waals surface area contributed by atoms with Gasteiger partial charge in [0.1, 0.15) is 6.04 Å². The summed E-state index contributed by atoms with van der Waals surface area (Å²) in [5, 5.41) is 4.15. The zero-order valence-electron chi connectivity index (χ0n) is 17.9. The normalized spacial score (nSPS) is 14.9. The van der Waals surface area contributed by atoms with E-state index in [9.17, 15) is 9.59 Å². The van der Waals surface area contributed by atoms with E-state index in [1.54, 1.807) is 23.1 Å². The molecular weight excluding hydrogens is 431 g/mol. The molecule has 1 fully saturated rings. The van der Waals surface area contributed by atoms with E-state index in [-0.39, 0.29) is 24.4 Å². The molecule has 1 aliphatic rings. The number of nitrogens with one attached hydrogen (secondary N) is 1. The van der Waals surface area contributed by atoms with Crippen molar-refractivity contribution >= 4 is 35.0 Å². The third-order valence-corrected chi connectivity index (χ3v) is 6.66. The van der Waals surface area contributed by atoms with Gasteiger partial charge in [-0.2, -0.15) is 0 Å². The van der Waals surface area contributed by atoms with Crippen molar-refractivity contribution in [1.29, 1.82) is 0 Å². The van der Waals surface area contributed by atoms with Crippen LogP contribution in [0.1, 0.15) is 56.6 Å². The second kappa shape index (κ2) is 11.5. The molecule has 0 aromatic heterocycles. The Kier molecular flexibility index (Phi) is 8.79. The average molecular weight is 461 g/mol. The number of hydrogen-bond donors (Lipinski definition) is 1.